The van der Waals surface area contributed by atoms with Crippen LogP contribution in [0.1, 0.15) is 12.0 Å². The fourth-order valence-electron chi connectivity index (χ4n) is 2.04. The largest absolute Gasteiger partial charge is 0.493 e. The third-order valence-corrected chi connectivity index (χ3v) is 3.96. The SMILES string of the molecule is COc1ccc(COC[C@@H](CBr)OC2CC(=O)N2)cc1OC. The Kier molecular flexibility index (Phi) is 6.48. The maximum absolute atomic E-state index is 10.8. The molecule has 7 heteroatoms. The van der Waals surface area contributed by atoms with E-state index in [1.807, 2.05) is 18.2 Å². The molecule has 1 amide bonds. The van der Waals surface area contributed by atoms with Crippen molar-refractivity contribution in [1.82, 2.24) is 5.32 Å². The van der Waals surface area contributed by atoms with Gasteiger partial charge in [0, 0.05) is 5.33 Å². The highest BCUT2D eigenvalue weighted by Crippen LogP contribution is 2.27. The Bertz CT molecular complexity index is 503. The molecule has 0 radical (unpaired) electrons. The second-order valence-electron chi connectivity index (χ2n) is 4.88. The van der Waals surface area contributed by atoms with Crippen molar-refractivity contribution in [2.24, 2.45) is 0 Å². The maximum Gasteiger partial charge on any atom is 0.226 e. The van der Waals surface area contributed by atoms with Crippen LogP contribution in [0.2, 0.25) is 0 Å². The van der Waals surface area contributed by atoms with Gasteiger partial charge in [0.25, 0.3) is 0 Å². The summed E-state index contributed by atoms with van der Waals surface area (Å²) in [5.41, 5.74) is 0.989. The second kappa shape index (κ2) is 8.36. The number of amides is 1. The van der Waals surface area contributed by atoms with Gasteiger partial charge >= 0.3 is 0 Å². The molecule has 1 unspecified atom stereocenters. The highest BCUT2D eigenvalue weighted by molar-refractivity contribution is 9.09. The van der Waals surface area contributed by atoms with Crippen molar-refractivity contribution in [3.63, 3.8) is 0 Å². The van der Waals surface area contributed by atoms with E-state index in [0.717, 1.165) is 5.56 Å². The molecule has 1 saturated heterocycles. The number of carbonyl (C=O) groups excluding carboxylic acids is 1. The topological polar surface area (TPSA) is 66.0 Å². The van der Waals surface area contributed by atoms with Crippen LogP contribution in [-0.2, 0) is 20.9 Å². The van der Waals surface area contributed by atoms with Gasteiger partial charge in [0.2, 0.25) is 5.91 Å². The fourth-order valence-corrected chi connectivity index (χ4v) is 2.38. The van der Waals surface area contributed by atoms with Crippen LogP contribution in [0.15, 0.2) is 18.2 Å². The zero-order valence-electron chi connectivity index (χ0n) is 12.6. The summed E-state index contributed by atoms with van der Waals surface area (Å²) in [7, 11) is 3.20. The molecule has 1 aliphatic heterocycles. The third-order valence-electron chi connectivity index (χ3n) is 3.24. The van der Waals surface area contributed by atoms with E-state index < -0.39 is 0 Å². The van der Waals surface area contributed by atoms with Gasteiger partial charge in [0.1, 0.15) is 6.23 Å². The summed E-state index contributed by atoms with van der Waals surface area (Å²) in [5.74, 6) is 1.38. The molecular weight excluding hydrogens is 354 g/mol. The van der Waals surface area contributed by atoms with Crippen LogP contribution >= 0.6 is 15.9 Å². The van der Waals surface area contributed by atoms with Crippen LogP contribution in [0.4, 0.5) is 0 Å². The molecule has 2 rings (SSSR count). The van der Waals surface area contributed by atoms with Crippen molar-refractivity contribution in [3.8, 4) is 11.5 Å². The van der Waals surface area contributed by atoms with Gasteiger partial charge in [-0.2, -0.15) is 0 Å². The van der Waals surface area contributed by atoms with Crippen molar-refractivity contribution in [2.75, 3.05) is 26.2 Å². The summed E-state index contributed by atoms with van der Waals surface area (Å²) in [4.78, 5) is 10.8. The number of alkyl halides is 1. The fraction of sp³-hybridized carbons (Fsp3) is 0.533. The predicted octanol–water partition coefficient (Wildman–Crippen LogP) is 1.85. The smallest absolute Gasteiger partial charge is 0.226 e. The summed E-state index contributed by atoms with van der Waals surface area (Å²) in [6, 6.07) is 5.66. The van der Waals surface area contributed by atoms with E-state index >= 15 is 0 Å². The second-order valence-corrected chi connectivity index (χ2v) is 5.52. The first kappa shape index (κ1) is 17.1. The number of halogens is 1. The van der Waals surface area contributed by atoms with Crippen LogP contribution in [0.3, 0.4) is 0 Å². The van der Waals surface area contributed by atoms with E-state index in [4.69, 9.17) is 18.9 Å². The number of β-lactam (4-membered cyclic amide) rings is 1. The molecule has 0 spiro atoms. The monoisotopic (exact) mass is 373 g/mol. The standard InChI is InChI=1S/C15H20BrNO5/c1-19-12-4-3-10(5-13(12)20-2)8-21-9-11(7-16)22-15-6-14(18)17-15/h3-5,11,15H,6-9H2,1-2H3,(H,17,18)/t11-,15?/m1/s1. The minimum atomic E-state index is -0.195. The molecule has 0 bridgehead atoms. The van der Waals surface area contributed by atoms with Gasteiger partial charge in [-0.25, -0.2) is 0 Å². The van der Waals surface area contributed by atoms with Gasteiger partial charge in [-0.15, -0.1) is 0 Å². The molecule has 1 heterocycles. The summed E-state index contributed by atoms with van der Waals surface area (Å²) in [6.07, 6.45) is 0.115. The van der Waals surface area contributed by atoms with Gasteiger partial charge in [-0.05, 0) is 17.7 Å². The highest BCUT2D eigenvalue weighted by atomic mass is 79.9. The first-order chi connectivity index (χ1) is 10.7. The number of carbonyl (C=O) groups is 1. The summed E-state index contributed by atoms with van der Waals surface area (Å²) in [5, 5.41) is 3.32. The Labute approximate surface area is 138 Å². The van der Waals surface area contributed by atoms with Gasteiger partial charge in [-0.1, -0.05) is 22.0 Å². The average molecular weight is 374 g/mol. The lowest BCUT2D eigenvalue weighted by molar-refractivity contribution is -0.148. The molecule has 0 aliphatic carbocycles. The number of nitrogens with one attached hydrogen (secondary N) is 1. The van der Waals surface area contributed by atoms with E-state index in [-0.39, 0.29) is 18.2 Å². The van der Waals surface area contributed by atoms with E-state index in [9.17, 15) is 4.79 Å². The number of benzene rings is 1. The predicted molar refractivity (Wildman–Crippen MR) is 84.4 cm³/mol. The Morgan fingerprint density at radius 2 is 2.05 bits per heavy atom. The van der Waals surface area contributed by atoms with E-state index in [1.54, 1.807) is 14.2 Å². The third kappa shape index (κ3) is 4.59. The van der Waals surface area contributed by atoms with Gasteiger partial charge in [0.15, 0.2) is 11.5 Å². The molecule has 1 fully saturated rings. The zero-order valence-corrected chi connectivity index (χ0v) is 14.2. The van der Waals surface area contributed by atoms with Crippen molar-refractivity contribution in [1.29, 1.82) is 0 Å². The first-order valence-electron chi connectivity index (χ1n) is 6.95. The molecule has 1 aromatic carbocycles. The molecule has 6 nitrogen and oxygen atoms in total. The van der Waals surface area contributed by atoms with Gasteiger partial charge < -0.3 is 24.3 Å². The summed E-state index contributed by atoms with van der Waals surface area (Å²) in [6.45, 7) is 0.885. The number of methoxy groups -OCH3 is 2. The molecule has 22 heavy (non-hydrogen) atoms. The number of ether oxygens (including phenoxy) is 4. The quantitative estimate of drug-likeness (QED) is 0.528. The average Bonchev–Trinajstić information content (AvgIpc) is 2.51. The van der Waals surface area contributed by atoms with Crippen molar-refractivity contribution >= 4 is 21.8 Å². The Morgan fingerprint density at radius 3 is 2.64 bits per heavy atom. The lowest BCUT2D eigenvalue weighted by Crippen LogP contribution is -2.52. The molecule has 1 aliphatic rings. The summed E-state index contributed by atoms with van der Waals surface area (Å²) < 4.78 is 21.8. The normalized spacial score (nSPS) is 18.3. The van der Waals surface area contributed by atoms with Gasteiger partial charge in [-0.3, -0.25) is 4.79 Å². The van der Waals surface area contributed by atoms with Crippen LogP contribution in [0.5, 0.6) is 11.5 Å². The number of hydrogen-bond donors (Lipinski definition) is 1. The maximum atomic E-state index is 10.8. The molecule has 1 aromatic rings. The Morgan fingerprint density at radius 1 is 1.32 bits per heavy atom. The van der Waals surface area contributed by atoms with Crippen molar-refractivity contribution in [3.05, 3.63) is 23.8 Å². The molecule has 0 aromatic heterocycles. The molecule has 122 valence electrons. The summed E-state index contributed by atoms with van der Waals surface area (Å²) >= 11 is 3.39. The van der Waals surface area contributed by atoms with Crippen molar-refractivity contribution < 1.29 is 23.7 Å². The van der Waals surface area contributed by atoms with Gasteiger partial charge in [0.05, 0.1) is 40.0 Å². The van der Waals surface area contributed by atoms with Crippen LogP contribution in [0.25, 0.3) is 0 Å². The van der Waals surface area contributed by atoms with Crippen LogP contribution < -0.4 is 14.8 Å². The van der Waals surface area contributed by atoms with E-state index in [0.29, 0.717) is 36.5 Å². The lowest BCUT2D eigenvalue weighted by Gasteiger charge is -2.30. The first-order valence-corrected chi connectivity index (χ1v) is 8.07. The Balaban J connectivity index is 1.78. The molecule has 2 atom stereocenters. The molecule has 1 N–H and O–H groups in total. The lowest BCUT2D eigenvalue weighted by atomic mass is 10.2. The Hall–Kier alpha value is -1.31. The van der Waals surface area contributed by atoms with Crippen molar-refractivity contribution in [2.45, 2.75) is 25.4 Å². The molecule has 0 saturated carbocycles. The highest BCUT2D eigenvalue weighted by Gasteiger charge is 2.28. The number of rotatable bonds is 9. The zero-order chi connectivity index (χ0) is 15.9. The minimum absolute atomic E-state index is 0.0181. The molecular formula is C15H20BrNO5. The van der Waals surface area contributed by atoms with E-state index in [2.05, 4.69) is 21.2 Å². The van der Waals surface area contributed by atoms with E-state index in [1.165, 1.54) is 0 Å². The number of hydrogen-bond acceptors (Lipinski definition) is 5. The minimum Gasteiger partial charge on any atom is -0.493 e. The van der Waals surface area contributed by atoms with Crippen LogP contribution in [-0.4, -0.2) is 44.4 Å². The van der Waals surface area contributed by atoms with Crippen LogP contribution in [0, 0.1) is 0 Å².